The molecule has 1 aliphatic rings. The Morgan fingerprint density at radius 2 is 2.04 bits per heavy atom. The summed E-state index contributed by atoms with van der Waals surface area (Å²) in [5, 5.41) is 5.73. The molecule has 1 aromatic carbocycles. The molecule has 1 amide bonds. The summed E-state index contributed by atoms with van der Waals surface area (Å²) in [5.41, 5.74) is 7.06. The fraction of sp³-hybridized carbons (Fsp3) is 0.412. The van der Waals surface area contributed by atoms with E-state index in [0.717, 1.165) is 42.0 Å². The highest BCUT2D eigenvalue weighted by Crippen LogP contribution is 2.30. The van der Waals surface area contributed by atoms with E-state index in [1.165, 1.54) is 11.3 Å². The van der Waals surface area contributed by atoms with Gasteiger partial charge < -0.3 is 15.8 Å². The summed E-state index contributed by atoms with van der Waals surface area (Å²) in [7, 11) is 1.64. The van der Waals surface area contributed by atoms with Gasteiger partial charge in [0, 0.05) is 17.5 Å². The van der Waals surface area contributed by atoms with E-state index in [0.29, 0.717) is 12.2 Å². The van der Waals surface area contributed by atoms with Gasteiger partial charge in [0.15, 0.2) is 0 Å². The van der Waals surface area contributed by atoms with Crippen molar-refractivity contribution in [2.75, 3.05) is 13.7 Å². The molecular weight excluding hydrogens is 310 g/mol. The van der Waals surface area contributed by atoms with Crippen LogP contribution in [0.1, 0.15) is 36.2 Å². The Morgan fingerprint density at radius 1 is 1.35 bits per heavy atom. The number of hydrogen-bond acceptors (Lipinski definition) is 5. The van der Waals surface area contributed by atoms with Crippen molar-refractivity contribution in [1.29, 1.82) is 0 Å². The molecule has 1 fully saturated rings. The van der Waals surface area contributed by atoms with E-state index in [2.05, 4.69) is 10.3 Å². The molecule has 1 aliphatic carbocycles. The maximum atomic E-state index is 12.5. The molecule has 3 rings (SSSR count). The third kappa shape index (κ3) is 3.38. The first-order valence-corrected chi connectivity index (χ1v) is 8.66. The number of thiazole rings is 1. The largest absolute Gasteiger partial charge is 0.497 e. The molecule has 5 nitrogen and oxygen atoms in total. The zero-order valence-corrected chi connectivity index (χ0v) is 14.0. The first-order valence-electron chi connectivity index (χ1n) is 7.78. The van der Waals surface area contributed by atoms with Gasteiger partial charge in [-0.05, 0) is 37.1 Å². The highest BCUT2D eigenvalue weighted by Gasteiger charge is 2.34. The van der Waals surface area contributed by atoms with Gasteiger partial charge in [-0.1, -0.05) is 12.8 Å². The Hall–Kier alpha value is -1.92. The predicted molar refractivity (Wildman–Crippen MR) is 91.8 cm³/mol. The van der Waals surface area contributed by atoms with Crippen LogP contribution >= 0.6 is 11.3 Å². The van der Waals surface area contributed by atoms with Crippen LogP contribution in [0, 0.1) is 0 Å². The molecule has 122 valence electrons. The summed E-state index contributed by atoms with van der Waals surface area (Å²) in [6.45, 7) is 0.480. The van der Waals surface area contributed by atoms with Crippen LogP contribution in [0.15, 0.2) is 29.6 Å². The van der Waals surface area contributed by atoms with Crippen molar-refractivity contribution in [2.24, 2.45) is 5.73 Å². The van der Waals surface area contributed by atoms with Crippen molar-refractivity contribution in [2.45, 2.75) is 31.2 Å². The highest BCUT2D eigenvalue weighted by atomic mass is 32.1. The summed E-state index contributed by atoms with van der Waals surface area (Å²) in [6, 6.07) is 7.66. The molecule has 23 heavy (non-hydrogen) atoms. The minimum absolute atomic E-state index is 0.131. The van der Waals surface area contributed by atoms with Crippen LogP contribution in [0.25, 0.3) is 10.6 Å². The monoisotopic (exact) mass is 331 g/mol. The lowest BCUT2D eigenvalue weighted by molar-refractivity contribution is 0.0898. The average molecular weight is 331 g/mol. The number of hydrogen-bond donors (Lipinski definition) is 2. The van der Waals surface area contributed by atoms with Crippen LogP contribution < -0.4 is 15.8 Å². The molecule has 3 N–H and O–H groups in total. The number of nitrogens with one attached hydrogen (secondary N) is 1. The molecule has 1 saturated carbocycles. The average Bonchev–Trinajstić information content (AvgIpc) is 3.25. The number of nitrogens with two attached hydrogens (primary N) is 1. The summed E-state index contributed by atoms with van der Waals surface area (Å²) in [4.78, 5) is 16.9. The molecule has 0 spiro atoms. The number of carbonyl (C=O) groups is 1. The first-order chi connectivity index (χ1) is 11.2. The van der Waals surface area contributed by atoms with Crippen LogP contribution in [-0.4, -0.2) is 30.1 Å². The maximum absolute atomic E-state index is 12.5. The lowest BCUT2D eigenvalue weighted by Crippen LogP contribution is -2.51. The molecule has 0 atom stereocenters. The third-order valence-electron chi connectivity index (χ3n) is 4.40. The molecule has 6 heteroatoms. The number of benzene rings is 1. The van der Waals surface area contributed by atoms with E-state index in [1.54, 1.807) is 12.5 Å². The summed E-state index contributed by atoms with van der Waals surface area (Å²) in [6.07, 6.45) is 4.13. The van der Waals surface area contributed by atoms with Crippen LogP contribution in [-0.2, 0) is 0 Å². The Bertz CT molecular complexity index is 675. The number of methoxy groups -OCH3 is 1. The molecule has 0 aliphatic heterocycles. The maximum Gasteiger partial charge on any atom is 0.271 e. The van der Waals surface area contributed by atoms with Gasteiger partial charge in [0.2, 0.25) is 0 Å². The first kappa shape index (κ1) is 16.0. The number of amides is 1. The SMILES string of the molecule is COc1ccc(-c2nc(C(=O)NC3(CN)CCCC3)cs2)cc1. The van der Waals surface area contributed by atoms with Gasteiger partial charge in [0.05, 0.1) is 12.6 Å². The quantitative estimate of drug-likeness (QED) is 0.883. The zero-order valence-electron chi connectivity index (χ0n) is 13.2. The molecule has 0 unspecified atom stereocenters. The minimum atomic E-state index is -0.249. The van der Waals surface area contributed by atoms with Gasteiger partial charge >= 0.3 is 0 Å². The normalized spacial score (nSPS) is 16.3. The van der Waals surface area contributed by atoms with Gasteiger partial charge in [-0.3, -0.25) is 4.79 Å². The minimum Gasteiger partial charge on any atom is -0.497 e. The molecule has 0 bridgehead atoms. The number of rotatable bonds is 5. The van der Waals surface area contributed by atoms with E-state index in [4.69, 9.17) is 10.5 Å². The van der Waals surface area contributed by atoms with Crippen molar-refractivity contribution in [1.82, 2.24) is 10.3 Å². The van der Waals surface area contributed by atoms with Gasteiger partial charge in [-0.15, -0.1) is 11.3 Å². The zero-order chi connectivity index (χ0) is 16.3. The fourth-order valence-corrected chi connectivity index (χ4v) is 3.79. The van der Waals surface area contributed by atoms with Crippen LogP contribution in [0.3, 0.4) is 0 Å². The van der Waals surface area contributed by atoms with Crippen molar-refractivity contribution in [3.63, 3.8) is 0 Å². The van der Waals surface area contributed by atoms with E-state index in [-0.39, 0.29) is 11.4 Å². The smallest absolute Gasteiger partial charge is 0.271 e. The molecule has 0 radical (unpaired) electrons. The molecule has 1 heterocycles. The van der Waals surface area contributed by atoms with Crippen molar-refractivity contribution < 1.29 is 9.53 Å². The second-order valence-corrected chi connectivity index (χ2v) is 6.77. The summed E-state index contributed by atoms with van der Waals surface area (Å²) >= 11 is 1.46. The van der Waals surface area contributed by atoms with E-state index >= 15 is 0 Å². The Kier molecular flexibility index (Phi) is 4.63. The molecule has 2 aromatic rings. The number of ether oxygens (including phenoxy) is 1. The third-order valence-corrected chi connectivity index (χ3v) is 5.30. The summed E-state index contributed by atoms with van der Waals surface area (Å²) in [5.74, 6) is 0.669. The standard InChI is InChI=1S/C17H21N3O2S/c1-22-13-6-4-12(5-7-13)16-19-14(10-23-16)15(21)20-17(11-18)8-2-3-9-17/h4-7,10H,2-3,8-9,11,18H2,1H3,(H,20,21). The highest BCUT2D eigenvalue weighted by molar-refractivity contribution is 7.13. The van der Waals surface area contributed by atoms with Gasteiger partial charge in [-0.2, -0.15) is 0 Å². The Morgan fingerprint density at radius 3 is 2.65 bits per heavy atom. The number of carbonyl (C=O) groups excluding carboxylic acids is 1. The van der Waals surface area contributed by atoms with Gasteiger partial charge in [0.1, 0.15) is 16.5 Å². The van der Waals surface area contributed by atoms with Crippen molar-refractivity contribution in [3.05, 3.63) is 35.3 Å². The van der Waals surface area contributed by atoms with Gasteiger partial charge in [0.25, 0.3) is 5.91 Å². The molecule has 1 aromatic heterocycles. The van der Waals surface area contributed by atoms with Crippen LogP contribution in [0.4, 0.5) is 0 Å². The van der Waals surface area contributed by atoms with Crippen molar-refractivity contribution >= 4 is 17.2 Å². The second kappa shape index (κ2) is 6.68. The van der Waals surface area contributed by atoms with E-state index in [9.17, 15) is 4.79 Å². The van der Waals surface area contributed by atoms with Crippen molar-refractivity contribution in [3.8, 4) is 16.3 Å². The van der Waals surface area contributed by atoms with E-state index in [1.807, 2.05) is 24.3 Å². The second-order valence-electron chi connectivity index (χ2n) is 5.91. The fourth-order valence-electron chi connectivity index (χ4n) is 2.98. The number of nitrogens with zero attached hydrogens (tertiary/aromatic N) is 1. The predicted octanol–water partition coefficient (Wildman–Crippen LogP) is 2.82. The Balaban J connectivity index is 1.74. The lowest BCUT2D eigenvalue weighted by Gasteiger charge is -2.28. The van der Waals surface area contributed by atoms with E-state index < -0.39 is 0 Å². The summed E-state index contributed by atoms with van der Waals surface area (Å²) < 4.78 is 5.15. The van der Waals surface area contributed by atoms with Gasteiger partial charge in [-0.25, -0.2) is 4.98 Å². The lowest BCUT2D eigenvalue weighted by atomic mass is 9.98. The van der Waals surface area contributed by atoms with Crippen LogP contribution in [0.2, 0.25) is 0 Å². The van der Waals surface area contributed by atoms with Crippen LogP contribution in [0.5, 0.6) is 5.75 Å². The Labute approximate surface area is 139 Å². The molecular formula is C17H21N3O2S. The topological polar surface area (TPSA) is 77.2 Å². The molecule has 0 saturated heterocycles. The number of aromatic nitrogens is 1.